The summed E-state index contributed by atoms with van der Waals surface area (Å²) in [4.78, 5) is 37.5. The van der Waals surface area contributed by atoms with Crippen molar-refractivity contribution in [2.24, 2.45) is 0 Å². The topological polar surface area (TPSA) is 95.5 Å². The van der Waals surface area contributed by atoms with Gasteiger partial charge in [-0.1, -0.05) is 72.3 Å². The Balaban J connectivity index is 1.78. The first-order valence-corrected chi connectivity index (χ1v) is 10.5. The molecular weight excluding hydrogens is 428 g/mol. The second-order valence-corrected chi connectivity index (χ2v) is 7.75. The maximum atomic E-state index is 13.1. The van der Waals surface area contributed by atoms with Gasteiger partial charge in [-0.15, -0.1) is 0 Å². The predicted octanol–water partition coefficient (Wildman–Crippen LogP) is 3.49. The molecule has 0 bridgehead atoms. The van der Waals surface area contributed by atoms with Crippen LogP contribution in [-0.2, 0) is 22.4 Å². The largest absolute Gasteiger partial charge is 0.480 e. The zero-order valence-corrected chi connectivity index (χ0v) is 18.0. The number of rotatable bonds is 9. The standard InChI is InChI=1S/C25H23ClN2O4/c26-20-13-11-18(12-14-20)15-21(27-23(29)19-9-5-2-6-10-19)24(30)28-22(25(31)32)16-17-7-3-1-4-8-17/h1-14,21-22H,15-16H2,(H,27,29)(H,28,30)(H,31,32)/t21-,22+/m1/s1. The molecule has 3 N–H and O–H groups in total. The van der Waals surface area contributed by atoms with Gasteiger partial charge in [-0.2, -0.15) is 0 Å². The molecule has 0 aliphatic heterocycles. The van der Waals surface area contributed by atoms with Gasteiger partial charge in [-0.25, -0.2) is 4.79 Å². The number of benzene rings is 3. The fraction of sp³-hybridized carbons (Fsp3) is 0.160. The summed E-state index contributed by atoms with van der Waals surface area (Å²) < 4.78 is 0. The van der Waals surface area contributed by atoms with Gasteiger partial charge in [0.25, 0.3) is 5.91 Å². The number of carboxylic acids is 1. The molecule has 164 valence electrons. The number of amides is 2. The second-order valence-electron chi connectivity index (χ2n) is 7.31. The van der Waals surface area contributed by atoms with Crippen molar-refractivity contribution in [3.05, 3.63) is 107 Å². The van der Waals surface area contributed by atoms with Crippen LogP contribution in [0.3, 0.4) is 0 Å². The Hall–Kier alpha value is -3.64. The van der Waals surface area contributed by atoms with Crippen LogP contribution in [0.15, 0.2) is 84.9 Å². The minimum atomic E-state index is -1.15. The molecule has 3 aromatic rings. The third-order valence-corrected chi connectivity index (χ3v) is 5.16. The van der Waals surface area contributed by atoms with Crippen molar-refractivity contribution in [1.29, 1.82) is 0 Å². The van der Waals surface area contributed by atoms with E-state index in [0.717, 1.165) is 11.1 Å². The number of aliphatic carboxylic acids is 1. The molecule has 0 aromatic heterocycles. The van der Waals surface area contributed by atoms with Gasteiger partial charge in [0.1, 0.15) is 12.1 Å². The lowest BCUT2D eigenvalue weighted by molar-refractivity contribution is -0.142. The average molecular weight is 451 g/mol. The molecule has 0 saturated heterocycles. The Bertz CT molecular complexity index is 1060. The summed E-state index contributed by atoms with van der Waals surface area (Å²) >= 11 is 5.94. The first kappa shape index (κ1) is 23.0. The van der Waals surface area contributed by atoms with Gasteiger partial charge >= 0.3 is 5.97 Å². The van der Waals surface area contributed by atoms with Gasteiger partial charge in [0.15, 0.2) is 0 Å². The molecular formula is C25H23ClN2O4. The van der Waals surface area contributed by atoms with Crippen LogP contribution in [0.25, 0.3) is 0 Å². The van der Waals surface area contributed by atoms with E-state index in [1.165, 1.54) is 0 Å². The quantitative estimate of drug-likeness (QED) is 0.465. The van der Waals surface area contributed by atoms with Crippen molar-refractivity contribution in [3.63, 3.8) is 0 Å². The normalized spacial score (nSPS) is 12.4. The highest BCUT2D eigenvalue weighted by Gasteiger charge is 2.27. The van der Waals surface area contributed by atoms with Gasteiger partial charge in [0, 0.05) is 23.4 Å². The minimum Gasteiger partial charge on any atom is -0.480 e. The molecule has 0 heterocycles. The molecule has 0 radical (unpaired) electrons. The number of halogens is 1. The Morgan fingerprint density at radius 3 is 1.84 bits per heavy atom. The Morgan fingerprint density at radius 2 is 1.25 bits per heavy atom. The third kappa shape index (κ3) is 6.68. The van der Waals surface area contributed by atoms with E-state index in [9.17, 15) is 19.5 Å². The lowest BCUT2D eigenvalue weighted by Crippen LogP contribution is -2.53. The average Bonchev–Trinajstić information content (AvgIpc) is 2.80. The van der Waals surface area contributed by atoms with Crippen LogP contribution in [0.5, 0.6) is 0 Å². The van der Waals surface area contributed by atoms with Crippen molar-refractivity contribution in [2.75, 3.05) is 0 Å². The van der Waals surface area contributed by atoms with Crippen LogP contribution in [-0.4, -0.2) is 35.0 Å². The maximum Gasteiger partial charge on any atom is 0.326 e. The van der Waals surface area contributed by atoms with E-state index in [0.29, 0.717) is 10.6 Å². The highest BCUT2D eigenvalue weighted by molar-refractivity contribution is 6.30. The number of carbonyl (C=O) groups excluding carboxylic acids is 2. The SMILES string of the molecule is O=C(N[C@H](Cc1ccc(Cl)cc1)C(=O)N[C@@H](Cc1ccccc1)C(=O)O)c1ccccc1. The van der Waals surface area contributed by atoms with Crippen molar-refractivity contribution in [3.8, 4) is 0 Å². The fourth-order valence-electron chi connectivity index (χ4n) is 3.22. The van der Waals surface area contributed by atoms with Crippen molar-refractivity contribution >= 4 is 29.4 Å². The first-order valence-electron chi connectivity index (χ1n) is 10.1. The second kappa shape index (κ2) is 11.1. The number of carboxylic acid groups (broad SMARTS) is 1. The van der Waals surface area contributed by atoms with Crippen LogP contribution in [0.2, 0.25) is 5.02 Å². The number of hydrogen-bond acceptors (Lipinski definition) is 3. The molecule has 0 spiro atoms. The van der Waals surface area contributed by atoms with E-state index in [-0.39, 0.29) is 12.8 Å². The highest BCUT2D eigenvalue weighted by Crippen LogP contribution is 2.12. The van der Waals surface area contributed by atoms with Crippen LogP contribution in [0.1, 0.15) is 21.5 Å². The van der Waals surface area contributed by atoms with E-state index in [4.69, 9.17) is 11.6 Å². The van der Waals surface area contributed by atoms with Crippen LogP contribution in [0, 0.1) is 0 Å². The maximum absolute atomic E-state index is 13.1. The smallest absolute Gasteiger partial charge is 0.326 e. The summed E-state index contributed by atoms with van der Waals surface area (Å²) in [6, 6.07) is 22.4. The van der Waals surface area contributed by atoms with Crippen LogP contribution in [0.4, 0.5) is 0 Å². The van der Waals surface area contributed by atoms with E-state index in [1.54, 1.807) is 78.9 Å². The highest BCUT2D eigenvalue weighted by atomic mass is 35.5. The zero-order valence-electron chi connectivity index (χ0n) is 17.2. The summed E-state index contributed by atoms with van der Waals surface area (Å²) in [6.07, 6.45) is 0.307. The van der Waals surface area contributed by atoms with E-state index in [1.807, 2.05) is 6.07 Å². The molecule has 0 aliphatic carbocycles. The van der Waals surface area contributed by atoms with Crippen molar-refractivity contribution in [1.82, 2.24) is 10.6 Å². The summed E-state index contributed by atoms with van der Waals surface area (Å²) in [5, 5.41) is 15.5. The molecule has 2 amide bonds. The monoisotopic (exact) mass is 450 g/mol. The van der Waals surface area contributed by atoms with Gasteiger partial charge in [0.05, 0.1) is 0 Å². The molecule has 6 nitrogen and oxygen atoms in total. The number of hydrogen-bond donors (Lipinski definition) is 3. The molecule has 0 saturated carbocycles. The Morgan fingerprint density at radius 1 is 0.719 bits per heavy atom. The molecule has 0 aliphatic rings. The first-order chi connectivity index (χ1) is 15.4. The fourth-order valence-corrected chi connectivity index (χ4v) is 3.34. The molecule has 0 unspecified atom stereocenters. The van der Waals surface area contributed by atoms with E-state index >= 15 is 0 Å². The molecule has 2 atom stereocenters. The summed E-state index contributed by atoms with van der Waals surface area (Å²) in [5.74, 6) is -2.15. The molecule has 0 fully saturated rings. The van der Waals surface area contributed by atoms with E-state index < -0.39 is 29.9 Å². The molecule has 3 rings (SSSR count). The van der Waals surface area contributed by atoms with Gasteiger partial charge in [0.2, 0.25) is 5.91 Å². The number of nitrogens with one attached hydrogen (secondary N) is 2. The number of carbonyl (C=O) groups is 3. The Kier molecular flexibility index (Phi) is 8.00. The Labute approximate surface area is 191 Å². The summed E-state index contributed by atoms with van der Waals surface area (Å²) in [5.41, 5.74) is 1.96. The molecule has 32 heavy (non-hydrogen) atoms. The molecule has 7 heteroatoms. The lowest BCUT2D eigenvalue weighted by Gasteiger charge is -2.22. The zero-order chi connectivity index (χ0) is 22.9. The van der Waals surface area contributed by atoms with Crippen molar-refractivity contribution < 1.29 is 19.5 Å². The van der Waals surface area contributed by atoms with Gasteiger partial charge in [-0.3, -0.25) is 9.59 Å². The predicted molar refractivity (Wildman–Crippen MR) is 123 cm³/mol. The van der Waals surface area contributed by atoms with Crippen LogP contribution < -0.4 is 10.6 Å². The lowest BCUT2D eigenvalue weighted by atomic mass is 10.0. The van der Waals surface area contributed by atoms with Gasteiger partial charge < -0.3 is 15.7 Å². The van der Waals surface area contributed by atoms with Crippen molar-refractivity contribution in [2.45, 2.75) is 24.9 Å². The molecule has 3 aromatic carbocycles. The summed E-state index contributed by atoms with van der Waals surface area (Å²) in [7, 11) is 0. The van der Waals surface area contributed by atoms with E-state index in [2.05, 4.69) is 10.6 Å². The van der Waals surface area contributed by atoms with Gasteiger partial charge in [-0.05, 0) is 35.4 Å². The third-order valence-electron chi connectivity index (χ3n) is 4.91. The van der Waals surface area contributed by atoms with Crippen LogP contribution >= 0.6 is 11.6 Å². The summed E-state index contributed by atoms with van der Waals surface area (Å²) in [6.45, 7) is 0. The minimum absolute atomic E-state index is 0.127.